The first-order chi connectivity index (χ1) is 6.94. The van der Waals surface area contributed by atoms with Gasteiger partial charge in [0.2, 0.25) is 0 Å². The van der Waals surface area contributed by atoms with Crippen molar-refractivity contribution in [2.45, 2.75) is 39.3 Å². The molecule has 3 nitrogen and oxygen atoms in total. The van der Waals surface area contributed by atoms with Gasteiger partial charge >= 0.3 is 0 Å². The lowest BCUT2D eigenvalue weighted by Crippen LogP contribution is -2.39. The van der Waals surface area contributed by atoms with Crippen molar-refractivity contribution in [2.24, 2.45) is 7.05 Å². The molecule has 0 fully saturated rings. The highest BCUT2D eigenvalue weighted by Crippen LogP contribution is 2.11. The van der Waals surface area contributed by atoms with Gasteiger partial charge in [0, 0.05) is 24.5 Å². The fourth-order valence-corrected chi connectivity index (χ4v) is 2.48. The van der Waals surface area contributed by atoms with Crippen LogP contribution in [-0.4, -0.2) is 20.6 Å². The van der Waals surface area contributed by atoms with Crippen LogP contribution >= 0.6 is 15.9 Å². The lowest BCUT2D eigenvalue weighted by atomic mass is 10.0. The molecule has 0 aliphatic rings. The zero-order valence-corrected chi connectivity index (χ0v) is 11.6. The Bertz CT molecular complexity index is 318. The number of rotatable bonds is 5. The molecule has 0 spiro atoms. The molecule has 0 atom stereocenters. The van der Waals surface area contributed by atoms with Crippen molar-refractivity contribution in [3.05, 3.63) is 17.5 Å². The zero-order valence-electron chi connectivity index (χ0n) is 9.97. The second kappa shape index (κ2) is 5.12. The largest absolute Gasteiger partial charge is 0.306 e. The van der Waals surface area contributed by atoms with Crippen LogP contribution in [0.1, 0.15) is 31.7 Å². The van der Waals surface area contributed by atoms with E-state index in [-0.39, 0.29) is 5.54 Å². The van der Waals surface area contributed by atoms with Gasteiger partial charge in [0.15, 0.2) is 0 Å². The molecule has 4 heteroatoms. The van der Waals surface area contributed by atoms with Crippen molar-refractivity contribution >= 4 is 15.9 Å². The average molecular weight is 274 g/mol. The van der Waals surface area contributed by atoms with Crippen LogP contribution < -0.4 is 5.32 Å². The van der Waals surface area contributed by atoms with Crippen LogP contribution in [0.25, 0.3) is 0 Å². The first kappa shape index (κ1) is 12.7. The van der Waals surface area contributed by atoms with Gasteiger partial charge in [-0.2, -0.15) is 5.10 Å². The molecule has 0 unspecified atom stereocenters. The van der Waals surface area contributed by atoms with Gasteiger partial charge < -0.3 is 5.32 Å². The Morgan fingerprint density at radius 1 is 1.53 bits per heavy atom. The average Bonchev–Trinajstić information content (AvgIpc) is 2.42. The molecule has 0 bridgehead atoms. The molecule has 86 valence electrons. The number of hydrogen-bond donors (Lipinski definition) is 1. The summed E-state index contributed by atoms with van der Waals surface area (Å²) < 4.78 is 1.94. The summed E-state index contributed by atoms with van der Waals surface area (Å²) >= 11 is 3.47. The minimum atomic E-state index is 0.168. The lowest BCUT2D eigenvalue weighted by Gasteiger charge is -2.25. The van der Waals surface area contributed by atoms with Crippen molar-refractivity contribution in [2.75, 3.05) is 5.33 Å². The van der Waals surface area contributed by atoms with Crippen LogP contribution in [0.2, 0.25) is 0 Å². The normalized spacial score (nSPS) is 12.1. The summed E-state index contributed by atoms with van der Waals surface area (Å²) in [4.78, 5) is 0. The van der Waals surface area contributed by atoms with E-state index in [0.29, 0.717) is 0 Å². The maximum Gasteiger partial charge on any atom is 0.0597 e. The molecule has 1 aromatic rings. The molecule has 0 saturated heterocycles. The van der Waals surface area contributed by atoms with Gasteiger partial charge in [-0.3, -0.25) is 4.68 Å². The molecule has 0 aliphatic heterocycles. The predicted molar refractivity (Wildman–Crippen MR) is 67.3 cm³/mol. The van der Waals surface area contributed by atoms with Gasteiger partial charge in [-0.05, 0) is 33.3 Å². The van der Waals surface area contributed by atoms with Crippen molar-refractivity contribution in [1.82, 2.24) is 15.1 Å². The molecule has 1 heterocycles. The van der Waals surface area contributed by atoms with E-state index < -0.39 is 0 Å². The molecule has 0 aliphatic carbocycles. The molecule has 0 saturated carbocycles. The van der Waals surface area contributed by atoms with E-state index in [4.69, 9.17) is 0 Å². The second-order valence-corrected chi connectivity index (χ2v) is 5.37. The zero-order chi connectivity index (χ0) is 11.5. The molecule has 0 radical (unpaired) electrons. The molecule has 15 heavy (non-hydrogen) atoms. The highest BCUT2D eigenvalue weighted by atomic mass is 79.9. The van der Waals surface area contributed by atoms with Gasteiger partial charge in [0.1, 0.15) is 0 Å². The summed E-state index contributed by atoms with van der Waals surface area (Å²) in [5.41, 5.74) is 2.48. The maximum absolute atomic E-state index is 4.33. The van der Waals surface area contributed by atoms with E-state index in [9.17, 15) is 0 Å². The molecule has 0 aromatic carbocycles. The fourth-order valence-electron chi connectivity index (χ4n) is 1.48. The molecular weight excluding hydrogens is 254 g/mol. The Morgan fingerprint density at radius 2 is 2.20 bits per heavy atom. The van der Waals surface area contributed by atoms with Gasteiger partial charge in [0.25, 0.3) is 0 Å². The number of aromatic nitrogens is 2. The van der Waals surface area contributed by atoms with Crippen LogP contribution in [0, 0.1) is 6.92 Å². The number of nitrogens with one attached hydrogen (secondary N) is 1. The summed E-state index contributed by atoms with van der Waals surface area (Å²) in [5, 5.41) is 8.89. The number of nitrogens with zero attached hydrogens (tertiary/aromatic N) is 2. The third-order valence-corrected chi connectivity index (χ3v) is 2.96. The van der Waals surface area contributed by atoms with E-state index in [2.05, 4.69) is 46.3 Å². The Hall–Kier alpha value is -0.350. The van der Waals surface area contributed by atoms with Crippen LogP contribution in [0.5, 0.6) is 0 Å². The Labute approximate surface area is 100 Å². The lowest BCUT2D eigenvalue weighted by molar-refractivity contribution is 0.372. The van der Waals surface area contributed by atoms with Crippen LogP contribution in [-0.2, 0) is 13.6 Å². The Kier molecular flexibility index (Phi) is 4.34. The smallest absolute Gasteiger partial charge is 0.0597 e. The van der Waals surface area contributed by atoms with Gasteiger partial charge in [-0.25, -0.2) is 0 Å². The third kappa shape index (κ3) is 3.95. The Morgan fingerprint density at radius 3 is 2.67 bits per heavy atom. The first-order valence-corrected chi connectivity index (χ1v) is 6.37. The number of halogens is 1. The summed E-state index contributed by atoms with van der Waals surface area (Å²) in [6.07, 6.45) is 1.11. The quantitative estimate of drug-likeness (QED) is 0.835. The topological polar surface area (TPSA) is 29.9 Å². The minimum Gasteiger partial charge on any atom is -0.306 e. The third-order valence-electron chi connectivity index (χ3n) is 2.57. The van der Waals surface area contributed by atoms with Crippen LogP contribution in [0.15, 0.2) is 6.07 Å². The van der Waals surface area contributed by atoms with Gasteiger partial charge in [-0.1, -0.05) is 15.9 Å². The highest BCUT2D eigenvalue weighted by Gasteiger charge is 2.16. The summed E-state index contributed by atoms with van der Waals surface area (Å²) in [5.74, 6) is 0. The molecule has 0 amide bonds. The SMILES string of the molecule is Cc1cc(CNC(C)(C)CCBr)n(C)n1. The van der Waals surface area contributed by atoms with E-state index in [1.54, 1.807) is 0 Å². The van der Waals surface area contributed by atoms with Crippen LogP contribution in [0.4, 0.5) is 0 Å². The highest BCUT2D eigenvalue weighted by molar-refractivity contribution is 9.09. The Balaban J connectivity index is 2.53. The van der Waals surface area contributed by atoms with E-state index >= 15 is 0 Å². The second-order valence-electron chi connectivity index (χ2n) is 4.58. The molecule has 1 aromatic heterocycles. The van der Waals surface area contributed by atoms with Gasteiger partial charge in [-0.15, -0.1) is 0 Å². The summed E-state index contributed by atoms with van der Waals surface area (Å²) in [6.45, 7) is 7.33. The van der Waals surface area contributed by atoms with E-state index in [1.807, 2.05) is 18.7 Å². The first-order valence-electron chi connectivity index (χ1n) is 5.25. The van der Waals surface area contributed by atoms with Gasteiger partial charge in [0.05, 0.1) is 11.4 Å². The van der Waals surface area contributed by atoms with Crippen molar-refractivity contribution in [3.8, 4) is 0 Å². The van der Waals surface area contributed by atoms with E-state index in [1.165, 1.54) is 5.69 Å². The van der Waals surface area contributed by atoms with Crippen molar-refractivity contribution < 1.29 is 0 Å². The van der Waals surface area contributed by atoms with Crippen molar-refractivity contribution in [1.29, 1.82) is 0 Å². The molecule has 1 rings (SSSR count). The molecular formula is C11H20BrN3. The predicted octanol–water partition coefficient (Wildman–Crippen LogP) is 2.38. The monoisotopic (exact) mass is 273 g/mol. The molecule has 1 N–H and O–H groups in total. The van der Waals surface area contributed by atoms with Crippen LogP contribution in [0.3, 0.4) is 0 Å². The summed E-state index contributed by atoms with van der Waals surface area (Å²) in [6, 6.07) is 2.12. The van der Waals surface area contributed by atoms with Crippen molar-refractivity contribution in [3.63, 3.8) is 0 Å². The number of hydrogen-bond acceptors (Lipinski definition) is 2. The van der Waals surface area contributed by atoms with E-state index in [0.717, 1.165) is 24.0 Å². The standard InChI is InChI=1S/C11H20BrN3/c1-9-7-10(15(4)14-9)8-13-11(2,3)5-6-12/h7,13H,5-6,8H2,1-4H3. The minimum absolute atomic E-state index is 0.168. The number of alkyl halides is 1. The maximum atomic E-state index is 4.33. The number of aryl methyl sites for hydroxylation is 2. The fraction of sp³-hybridized carbons (Fsp3) is 0.727. The summed E-state index contributed by atoms with van der Waals surface area (Å²) in [7, 11) is 1.99.